The molecule has 0 unspecified atom stereocenters. The van der Waals surface area contributed by atoms with Crippen molar-refractivity contribution >= 4 is 17.8 Å². The number of ether oxygens (including phenoxy) is 2. The van der Waals surface area contributed by atoms with Gasteiger partial charge in [-0.1, -0.05) is 44.2 Å². The fraction of sp³-hybridized carbons (Fsp3) is 0.455. The normalized spacial score (nSPS) is 15.8. The summed E-state index contributed by atoms with van der Waals surface area (Å²) < 4.78 is 9.98. The van der Waals surface area contributed by atoms with Crippen LogP contribution in [0.25, 0.3) is 0 Å². The molecule has 160 valence electrons. The SMILES string of the molecule is COC(=O)[C@@H](NC(=O)C1(Cc2ccccc2)CN(c2ncc(OC)cn2)C1)C(C)C. The van der Waals surface area contributed by atoms with Gasteiger partial charge >= 0.3 is 5.97 Å². The summed E-state index contributed by atoms with van der Waals surface area (Å²) in [6, 6.07) is 9.16. The first-order valence-corrected chi connectivity index (χ1v) is 9.92. The van der Waals surface area contributed by atoms with Gasteiger partial charge < -0.3 is 19.7 Å². The largest absolute Gasteiger partial charge is 0.494 e. The van der Waals surface area contributed by atoms with E-state index >= 15 is 0 Å². The first kappa shape index (κ1) is 21.5. The Hall–Kier alpha value is -3.16. The van der Waals surface area contributed by atoms with Crippen molar-refractivity contribution in [1.82, 2.24) is 15.3 Å². The van der Waals surface area contributed by atoms with E-state index in [1.165, 1.54) is 7.11 Å². The Bertz CT molecular complexity index is 864. The lowest BCUT2D eigenvalue weighted by Crippen LogP contribution is -2.66. The molecule has 0 radical (unpaired) electrons. The number of carbonyl (C=O) groups excluding carboxylic acids is 2. The fourth-order valence-electron chi connectivity index (χ4n) is 3.65. The minimum atomic E-state index is -0.693. The topological polar surface area (TPSA) is 93.7 Å². The van der Waals surface area contributed by atoms with Crippen LogP contribution >= 0.6 is 0 Å². The standard InChI is InChI=1S/C22H28N4O4/c1-15(2)18(19(27)30-4)25-20(28)22(10-16-8-6-5-7-9-16)13-26(14-22)21-23-11-17(29-3)12-24-21/h5-9,11-12,15,18H,10,13-14H2,1-4H3,(H,25,28)/t18-/m0/s1. The first-order chi connectivity index (χ1) is 14.4. The molecule has 0 aliphatic carbocycles. The van der Waals surface area contributed by atoms with Crippen LogP contribution in [0.5, 0.6) is 5.75 Å². The molecule has 2 aromatic rings. The highest BCUT2D eigenvalue weighted by molar-refractivity contribution is 5.90. The summed E-state index contributed by atoms with van der Waals surface area (Å²) in [7, 11) is 2.89. The van der Waals surface area contributed by atoms with Crippen LogP contribution in [0.2, 0.25) is 0 Å². The summed E-state index contributed by atoms with van der Waals surface area (Å²) in [4.78, 5) is 36.1. The fourth-order valence-corrected chi connectivity index (χ4v) is 3.65. The van der Waals surface area contributed by atoms with Crippen LogP contribution in [-0.2, 0) is 20.7 Å². The Balaban J connectivity index is 1.80. The molecule has 8 nitrogen and oxygen atoms in total. The van der Waals surface area contributed by atoms with E-state index in [2.05, 4.69) is 15.3 Å². The van der Waals surface area contributed by atoms with E-state index in [4.69, 9.17) is 9.47 Å². The molecule has 2 heterocycles. The van der Waals surface area contributed by atoms with Gasteiger partial charge in [0.15, 0.2) is 5.75 Å². The second-order valence-corrected chi connectivity index (χ2v) is 7.94. The molecule has 0 saturated carbocycles. The van der Waals surface area contributed by atoms with Crippen molar-refractivity contribution in [1.29, 1.82) is 0 Å². The zero-order chi connectivity index (χ0) is 21.7. The van der Waals surface area contributed by atoms with E-state index in [1.807, 2.05) is 49.1 Å². The average molecular weight is 412 g/mol. The predicted molar refractivity (Wildman–Crippen MR) is 112 cm³/mol. The Morgan fingerprint density at radius 2 is 1.77 bits per heavy atom. The Morgan fingerprint density at radius 3 is 2.30 bits per heavy atom. The molecule has 1 saturated heterocycles. The Kier molecular flexibility index (Phi) is 6.54. The molecule has 0 bridgehead atoms. The molecule has 3 rings (SSSR count). The molecule has 1 aromatic heterocycles. The van der Waals surface area contributed by atoms with E-state index in [1.54, 1.807) is 19.5 Å². The molecule has 1 aromatic carbocycles. The molecule has 0 spiro atoms. The molecule has 1 atom stereocenters. The van der Waals surface area contributed by atoms with Crippen molar-refractivity contribution in [2.24, 2.45) is 11.3 Å². The maximum atomic E-state index is 13.4. The number of hydrogen-bond donors (Lipinski definition) is 1. The van der Waals surface area contributed by atoms with Crippen LogP contribution in [0, 0.1) is 11.3 Å². The van der Waals surface area contributed by atoms with Gasteiger partial charge in [-0.25, -0.2) is 14.8 Å². The number of nitrogens with zero attached hydrogens (tertiary/aromatic N) is 3. The Morgan fingerprint density at radius 1 is 1.13 bits per heavy atom. The lowest BCUT2D eigenvalue weighted by Gasteiger charge is -2.49. The zero-order valence-corrected chi connectivity index (χ0v) is 17.8. The van der Waals surface area contributed by atoms with Gasteiger partial charge in [-0.15, -0.1) is 0 Å². The second kappa shape index (κ2) is 9.11. The highest BCUT2D eigenvalue weighted by atomic mass is 16.5. The van der Waals surface area contributed by atoms with Crippen molar-refractivity contribution in [3.8, 4) is 5.75 Å². The number of nitrogens with one attached hydrogen (secondary N) is 1. The summed E-state index contributed by atoms with van der Waals surface area (Å²) in [5.74, 6) is 0.422. The number of carbonyl (C=O) groups is 2. The quantitative estimate of drug-likeness (QED) is 0.661. The molecule has 30 heavy (non-hydrogen) atoms. The van der Waals surface area contributed by atoms with Gasteiger partial charge in [0.2, 0.25) is 11.9 Å². The van der Waals surface area contributed by atoms with Crippen LogP contribution in [-0.4, -0.2) is 55.2 Å². The number of anilines is 1. The van der Waals surface area contributed by atoms with E-state index < -0.39 is 17.4 Å². The summed E-state index contributed by atoms with van der Waals surface area (Å²) >= 11 is 0. The number of esters is 1. The summed E-state index contributed by atoms with van der Waals surface area (Å²) in [5.41, 5.74) is 0.369. The lowest BCUT2D eigenvalue weighted by atomic mass is 9.73. The lowest BCUT2D eigenvalue weighted by molar-refractivity contribution is -0.148. The van der Waals surface area contributed by atoms with Crippen LogP contribution in [0.1, 0.15) is 19.4 Å². The van der Waals surface area contributed by atoms with Gasteiger partial charge in [-0.2, -0.15) is 0 Å². The molecular weight excluding hydrogens is 384 g/mol. The van der Waals surface area contributed by atoms with Gasteiger partial charge in [-0.3, -0.25) is 4.79 Å². The van der Waals surface area contributed by atoms with Crippen LogP contribution in [0.15, 0.2) is 42.7 Å². The number of amides is 1. The third-order valence-corrected chi connectivity index (χ3v) is 5.40. The highest BCUT2D eigenvalue weighted by Gasteiger charge is 2.51. The van der Waals surface area contributed by atoms with Gasteiger partial charge in [0.05, 0.1) is 32.0 Å². The summed E-state index contributed by atoms with van der Waals surface area (Å²) in [5, 5.41) is 2.92. The minimum Gasteiger partial charge on any atom is -0.494 e. The smallest absolute Gasteiger partial charge is 0.328 e. The number of hydrogen-bond acceptors (Lipinski definition) is 7. The van der Waals surface area contributed by atoms with Crippen molar-refractivity contribution < 1.29 is 19.1 Å². The van der Waals surface area contributed by atoms with Gasteiger partial charge in [0.1, 0.15) is 6.04 Å². The van der Waals surface area contributed by atoms with Crippen molar-refractivity contribution in [2.45, 2.75) is 26.3 Å². The van der Waals surface area contributed by atoms with E-state index in [-0.39, 0.29) is 11.8 Å². The summed E-state index contributed by atoms with van der Waals surface area (Å²) in [6.07, 6.45) is 3.76. The average Bonchev–Trinajstić information content (AvgIpc) is 2.74. The predicted octanol–water partition coefficient (Wildman–Crippen LogP) is 1.85. The second-order valence-electron chi connectivity index (χ2n) is 7.94. The number of benzene rings is 1. The maximum absolute atomic E-state index is 13.4. The van der Waals surface area contributed by atoms with E-state index in [0.717, 1.165) is 5.56 Å². The number of methoxy groups -OCH3 is 2. The van der Waals surface area contributed by atoms with Crippen LogP contribution in [0.3, 0.4) is 0 Å². The third kappa shape index (κ3) is 4.53. The van der Waals surface area contributed by atoms with Crippen LogP contribution < -0.4 is 15.0 Å². The molecule has 1 amide bonds. The van der Waals surface area contributed by atoms with Crippen molar-refractivity contribution in [2.75, 3.05) is 32.2 Å². The first-order valence-electron chi connectivity index (χ1n) is 9.92. The maximum Gasteiger partial charge on any atom is 0.328 e. The molecule has 8 heteroatoms. The Labute approximate surface area is 176 Å². The molecular formula is C22H28N4O4. The van der Waals surface area contributed by atoms with Crippen molar-refractivity contribution in [3.63, 3.8) is 0 Å². The summed E-state index contributed by atoms with van der Waals surface area (Å²) in [6.45, 7) is 4.66. The zero-order valence-electron chi connectivity index (χ0n) is 17.8. The number of rotatable bonds is 8. The molecule has 1 aliphatic heterocycles. The highest BCUT2D eigenvalue weighted by Crippen LogP contribution is 2.37. The van der Waals surface area contributed by atoms with E-state index in [0.29, 0.717) is 31.2 Å². The minimum absolute atomic E-state index is 0.0868. The van der Waals surface area contributed by atoms with Crippen LogP contribution in [0.4, 0.5) is 5.95 Å². The molecule has 1 fully saturated rings. The molecule has 1 aliphatic rings. The van der Waals surface area contributed by atoms with Gasteiger partial charge in [-0.05, 0) is 17.9 Å². The number of aromatic nitrogens is 2. The van der Waals surface area contributed by atoms with E-state index in [9.17, 15) is 9.59 Å². The monoisotopic (exact) mass is 412 g/mol. The van der Waals surface area contributed by atoms with Gasteiger partial charge in [0.25, 0.3) is 0 Å². The molecule has 1 N–H and O–H groups in total. The third-order valence-electron chi connectivity index (χ3n) is 5.40. The van der Waals surface area contributed by atoms with Crippen molar-refractivity contribution in [3.05, 3.63) is 48.3 Å². The van der Waals surface area contributed by atoms with Gasteiger partial charge in [0, 0.05) is 13.1 Å².